The first kappa shape index (κ1) is 11.4. The summed E-state index contributed by atoms with van der Waals surface area (Å²) in [4.78, 5) is 0. The lowest BCUT2D eigenvalue weighted by molar-refractivity contribution is 0.167. The maximum absolute atomic E-state index is 9.83. The van der Waals surface area contributed by atoms with E-state index in [1.165, 1.54) is 0 Å². The second-order valence-corrected chi connectivity index (χ2v) is 4.43. The number of rotatable bonds is 0. The van der Waals surface area contributed by atoms with Crippen LogP contribution in [0, 0.1) is 0 Å². The number of hydrogen-bond donors (Lipinski definition) is 2. The topological polar surface area (TPSA) is 40.5 Å². The molecule has 2 N–H and O–H groups in total. The first-order valence-corrected chi connectivity index (χ1v) is 5.83. The van der Waals surface area contributed by atoms with E-state index in [9.17, 15) is 10.2 Å². The van der Waals surface area contributed by atoms with E-state index in [0.29, 0.717) is 25.7 Å². The lowest BCUT2D eigenvalue weighted by atomic mass is 9.94. The normalized spacial score (nSPS) is 28.1. The van der Waals surface area contributed by atoms with Gasteiger partial charge in [-0.15, -0.1) is 0 Å². The minimum atomic E-state index is -0.312. The Labute approximate surface area is 96.2 Å². The Bertz CT molecular complexity index is 336. The van der Waals surface area contributed by atoms with Crippen LogP contribution in [0.4, 0.5) is 0 Å². The fourth-order valence-electron chi connectivity index (χ4n) is 2.14. The van der Waals surface area contributed by atoms with E-state index < -0.39 is 0 Å². The zero-order chi connectivity index (χ0) is 11.4. The molecule has 1 aromatic rings. The van der Waals surface area contributed by atoms with Gasteiger partial charge in [0.05, 0.1) is 12.2 Å². The highest BCUT2D eigenvalue weighted by molar-refractivity contribution is 5.28. The predicted molar refractivity (Wildman–Crippen MR) is 64.2 cm³/mol. The lowest BCUT2D eigenvalue weighted by Crippen LogP contribution is -2.16. The van der Waals surface area contributed by atoms with Crippen LogP contribution in [0.5, 0.6) is 0 Å². The van der Waals surface area contributed by atoms with E-state index >= 15 is 0 Å². The van der Waals surface area contributed by atoms with Crippen molar-refractivity contribution in [2.75, 3.05) is 0 Å². The van der Waals surface area contributed by atoms with Crippen LogP contribution >= 0.6 is 0 Å². The summed E-state index contributed by atoms with van der Waals surface area (Å²) in [5, 5.41) is 19.7. The van der Waals surface area contributed by atoms with Gasteiger partial charge in [-0.2, -0.15) is 0 Å². The van der Waals surface area contributed by atoms with Gasteiger partial charge in [0, 0.05) is 0 Å². The van der Waals surface area contributed by atoms with Crippen molar-refractivity contribution in [2.24, 2.45) is 0 Å². The molecule has 0 radical (unpaired) electrons. The zero-order valence-corrected chi connectivity index (χ0v) is 9.34. The first-order valence-electron chi connectivity index (χ1n) is 5.83. The third kappa shape index (κ3) is 2.94. The third-order valence-corrected chi connectivity index (χ3v) is 3.01. The lowest BCUT2D eigenvalue weighted by Gasteiger charge is -2.16. The molecular formula is C14H18O2. The van der Waals surface area contributed by atoms with E-state index in [1.807, 2.05) is 36.4 Å². The number of aliphatic hydroxyl groups is 2. The molecule has 0 saturated carbocycles. The van der Waals surface area contributed by atoms with E-state index in [4.69, 9.17) is 0 Å². The molecule has 2 unspecified atom stereocenters. The molecule has 0 saturated heterocycles. The van der Waals surface area contributed by atoms with Gasteiger partial charge in [-0.1, -0.05) is 36.4 Å². The van der Waals surface area contributed by atoms with Crippen molar-refractivity contribution in [1.82, 2.24) is 0 Å². The summed E-state index contributed by atoms with van der Waals surface area (Å²) in [6.07, 6.45) is 5.98. The molecule has 1 aromatic carbocycles. The summed E-state index contributed by atoms with van der Waals surface area (Å²) >= 11 is 0. The van der Waals surface area contributed by atoms with Crippen molar-refractivity contribution in [1.29, 1.82) is 0 Å². The van der Waals surface area contributed by atoms with Gasteiger partial charge in [0.15, 0.2) is 0 Å². The minimum Gasteiger partial charge on any atom is -0.392 e. The molecule has 0 spiro atoms. The Balaban J connectivity index is 2.24. The molecule has 0 aliphatic heterocycles. The van der Waals surface area contributed by atoms with Crippen molar-refractivity contribution in [2.45, 2.75) is 37.9 Å². The number of aliphatic hydroxyl groups excluding tert-OH is 2. The van der Waals surface area contributed by atoms with Crippen molar-refractivity contribution in [3.8, 4) is 0 Å². The average molecular weight is 218 g/mol. The van der Waals surface area contributed by atoms with E-state index in [1.54, 1.807) is 0 Å². The molecule has 0 amide bonds. The summed E-state index contributed by atoms with van der Waals surface area (Å²) in [5.74, 6) is 0. The monoisotopic (exact) mass is 218 g/mol. The van der Waals surface area contributed by atoms with Crippen LogP contribution in [0.25, 0.3) is 0 Å². The van der Waals surface area contributed by atoms with Crippen LogP contribution in [0.1, 0.15) is 24.0 Å². The number of benzene rings is 1. The Hall–Kier alpha value is -1.12. The molecule has 1 aliphatic carbocycles. The largest absolute Gasteiger partial charge is 0.392 e. The summed E-state index contributed by atoms with van der Waals surface area (Å²) in [6, 6.07) is 8.05. The van der Waals surface area contributed by atoms with E-state index in [-0.39, 0.29) is 12.2 Å². The fourth-order valence-corrected chi connectivity index (χ4v) is 2.14. The SMILES string of the molecule is OC1C/C=C\CC(O)Cc2ccccc2C1. The van der Waals surface area contributed by atoms with Crippen molar-refractivity contribution in [3.05, 3.63) is 47.5 Å². The molecule has 2 rings (SSSR count). The van der Waals surface area contributed by atoms with Crippen LogP contribution in [-0.2, 0) is 12.8 Å². The van der Waals surface area contributed by atoms with Crippen LogP contribution in [0.15, 0.2) is 36.4 Å². The Kier molecular flexibility index (Phi) is 3.75. The predicted octanol–water partition coefficient (Wildman–Crippen LogP) is 1.84. The molecular weight excluding hydrogens is 200 g/mol. The Morgan fingerprint density at radius 2 is 1.25 bits per heavy atom. The van der Waals surface area contributed by atoms with Gasteiger partial charge < -0.3 is 10.2 Å². The quantitative estimate of drug-likeness (QED) is 0.652. The highest BCUT2D eigenvalue weighted by atomic mass is 16.3. The molecule has 0 heterocycles. The number of hydrogen-bond acceptors (Lipinski definition) is 2. The smallest absolute Gasteiger partial charge is 0.0615 e. The Morgan fingerprint density at radius 1 is 0.812 bits per heavy atom. The molecule has 16 heavy (non-hydrogen) atoms. The summed E-state index contributed by atoms with van der Waals surface area (Å²) < 4.78 is 0. The third-order valence-electron chi connectivity index (χ3n) is 3.01. The first-order chi connectivity index (χ1) is 7.75. The van der Waals surface area contributed by atoms with Crippen LogP contribution in [0.3, 0.4) is 0 Å². The van der Waals surface area contributed by atoms with Gasteiger partial charge in [-0.3, -0.25) is 0 Å². The molecule has 2 heteroatoms. The average Bonchev–Trinajstić information content (AvgIpc) is 2.27. The minimum absolute atomic E-state index is 0.312. The molecule has 0 fully saturated rings. The van der Waals surface area contributed by atoms with E-state index in [2.05, 4.69) is 0 Å². The van der Waals surface area contributed by atoms with Crippen molar-refractivity contribution in [3.63, 3.8) is 0 Å². The zero-order valence-electron chi connectivity index (χ0n) is 9.34. The van der Waals surface area contributed by atoms with E-state index in [0.717, 1.165) is 11.1 Å². The molecule has 2 atom stereocenters. The molecule has 0 bridgehead atoms. The van der Waals surface area contributed by atoms with Gasteiger partial charge in [0.1, 0.15) is 0 Å². The molecule has 2 nitrogen and oxygen atoms in total. The highest BCUT2D eigenvalue weighted by Crippen LogP contribution is 2.17. The van der Waals surface area contributed by atoms with Crippen LogP contribution in [0.2, 0.25) is 0 Å². The van der Waals surface area contributed by atoms with Crippen LogP contribution < -0.4 is 0 Å². The standard InChI is InChI=1S/C14H18O2/c15-13-7-3-4-8-14(16)10-12-6-2-1-5-11(12)9-13/h1-6,13-16H,7-10H2/b4-3-. The highest BCUT2D eigenvalue weighted by Gasteiger charge is 2.12. The maximum Gasteiger partial charge on any atom is 0.0615 e. The molecule has 0 aromatic heterocycles. The van der Waals surface area contributed by atoms with Gasteiger partial charge in [0.25, 0.3) is 0 Å². The van der Waals surface area contributed by atoms with Crippen molar-refractivity contribution < 1.29 is 10.2 Å². The van der Waals surface area contributed by atoms with Crippen LogP contribution in [-0.4, -0.2) is 22.4 Å². The fraction of sp³-hybridized carbons (Fsp3) is 0.429. The van der Waals surface area contributed by atoms with Crippen molar-refractivity contribution >= 4 is 0 Å². The van der Waals surface area contributed by atoms with Gasteiger partial charge in [-0.25, -0.2) is 0 Å². The van der Waals surface area contributed by atoms with Gasteiger partial charge in [-0.05, 0) is 36.8 Å². The Morgan fingerprint density at radius 3 is 1.69 bits per heavy atom. The summed E-state index contributed by atoms with van der Waals surface area (Å²) in [6.45, 7) is 0. The molecule has 1 aliphatic rings. The summed E-state index contributed by atoms with van der Waals surface area (Å²) in [7, 11) is 0. The molecule has 86 valence electrons. The number of fused-ring (bicyclic) bond motifs is 1. The summed E-state index contributed by atoms with van der Waals surface area (Å²) in [5.41, 5.74) is 2.31. The second kappa shape index (κ2) is 5.28. The maximum atomic E-state index is 9.83. The van der Waals surface area contributed by atoms with Gasteiger partial charge in [0.2, 0.25) is 0 Å². The van der Waals surface area contributed by atoms with Gasteiger partial charge >= 0.3 is 0 Å². The second-order valence-electron chi connectivity index (χ2n) is 4.43.